The van der Waals surface area contributed by atoms with Crippen molar-refractivity contribution in [3.8, 4) is 5.75 Å². The number of aromatic nitrogens is 4. The molecule has 25 heavy (non-hydrogen) atoms. The zero-order valence-corrected chi connectivity index (χ0v) is 14.1. The van der Waals surface area contributed by atoms with Gasteiger partial charge in [-0.3, -0.25) is 4.68 Å². The average Bonchev–Trinajstić information content (AvgIpc) is 3.30. The van der Waals surface area contributed by atoms with E-state index in [0.29, 0.717) is 24.0 Å². The van der Waals surface area contributed by atoms with Crippen molar-refractivity contribution in [2.45, 2.75) is 39.1 Å². The van der Waals surface area contributed by atoms with Crippen molar-refractivity contribution in [3.05, 3.63) is 60.3 Å². The number of ether oxygens (including phenoxy) is 1. The Morgan fingerprint density at radius 1 is 1.28 bits per heavy atom. The molecule has 2 atom stereocenters. The van der Waals surface area contributed by atoms with E-state index in [9.17, 15) is 4.39 Å². The summed E-state index contributed by atoms with van der Waals surface area (Å²) in [5.41, 5.74) is 0. The second-order valence-electron chi connectivity index (χ2n) is 5.74. The van der Waals surface area contributed by atoms with Crippen molar-refractivity contribution in [1.29, 1.82) is 0 Å². The van der Waals surface area contributed by atoms with Gasteiger partial charge in [0.2, 0.25) is 11.7 Å². The first-order chi connectivity index (χ1) is 12.1. The van der Waals surface area contributed by atoms with Crippen LogP contribution in [0.4, 0.5) is 4.39 Å². The highest BCUT2D eigenvalue weighted by Crippen LogP contribution is 2.13. The molecule has 0 spiro atoms. The number of nitrogens with zero attached hydrogens (tertiary/aromatic N) is 4. The van der Waals surface area contributed by atoms with Gasteiger partial charge in [0, 0.05) is 18.4 Å². The Bertz CT molecular complexity index is 773. The van der Waals surface area contributed by atoms with E-state index in [-0.39, 0.29) is 24.5 Å². The summed E-state index contributed by atoms with van der Waals surface area (Å²) in [6, 6.07) is 8.04. The third-order valence-electron chi connectivity index (χ3n) is 3.93. The predicted octanol–water partition coefficient (Wildman–Crippen LogP) is 2.72. The summed E-state index contributed by atoms with van der Waals surface area (Å²) in [5, 5.41) is 11.5. The molecule has 7 nitrogen and oxygen atoms in total. The predicted molar refractivity (Wildman–Crippen MR) is 88.3 cm³/mol. The van der Waals surface area contributed by atoms with Crippen molar-refractivity contribution in [3.63, 3.8) is 0 Å². The highest BCUT2D eigenvalue weighted by molar-refractivity contribution is 5.22. The fourth-order valence-electron chi connectivity index (χ4n) is 2.27. The van der Waals surface area contributed by atoms with Gasteiger partial charge in [-0.05, 0) is 44.2 Å². The molecule has 2 aromatic heterocycles. The molecule has 0 aliphatic rings. The molecule has 132 valence electrons. The minimum absolute atomic E-state index is 0.161. The van der Waals surface area contributed by atoms with Crippen LogP contribution >= 0.6 is 0 Å². The molecular weight excluding hydrogens is 325 g/mol. The molecule has 2 unspecified atom stereocenters. The van der Waals surface area contributed by atoms with Gasteiger partial charge in [-0.15, -0.1) is 0 Å². The van der Waals surface area contributed by atoms with Gasteiger partial charge in [0.25, 0.3) is 0 Å². The SMILES string of the molecule is CC(NCc1nc(COc2ccc(F)cc2)no1)C(C)n1cccn1. The summed E-state index contributed by atoms with van der Waals surface area (Å²) >= 11 is 0. The Balaban J connectivity index is 1.47. The average molecular weight is 345 g/mol. The molecule has 2 heterocycles. The van der Waals surface area contributed by atoms with Crippen LogP contribution in [-0.4, -0.2) is 26.0 Å². The Hall–Kier alpha value is -2.74. The summed E-state index contributed by atoms with van der Waals surface area (Å²) in [7, 11) is 0. The van der Waals surface area contributed by atoms with Crippen molar-refractivity contribution < 1.29 is 13.7 Å². The maximum Gasteiger partial charge on any atom is 0.240 e. The minimum Gasteiger partial charge on any atom is -0.485 e. The fourth-order valence-corrected chi connectivity index (χ4v) is 2.27. The quantitative estimate of drug-likeness (QED) is 0.676. The molecule has 0 saturated heterocycles. The van der Waals surface area contributed by atoms with Gasteiger partial charge < -0.3 is 14.6 Å². The molecule has 0 fully saturated rings. The first-order valence-electron chi connectivity index (χ1n) is 8.04. The van der Waals surface area contributed by atoms with Crippen LogP contribution < -0.4 is 10.1 Å². The van der Waals surface area contributed by atoms with Crippen molar-refractivity contribution in [2.24, 2.45) is 0 Å². The molecule has 3 aromatic rings. The zero-order valence-electron chi connectivity index (χ0n) is 14.1. The van der Waals surface area contributed by atoms with Crippen LogP contribution in [0.1, 0.15) is 31.6 Å². The van der Waals surface area contributed by atoms with Crippen LogP contribution in [0.5, 0.6) is 5.75 Å². The standard InChI is InChI=1S/C17H20FN5O2/c1-12(13(2)23-9-3-8-20-23)19-10-17-21-16(22-25-17)11-24-15-6-4-14(18)5-7-15/h3-9,12-13,19H,10-11H2,1-2H3. The topological polar surface area (TPSA) is 78.0 Å². The molecular formula is C17H20FN5O2. The summed E-state index contributed by atoms with van der Waals surface area (Å²) in [6.07, 6.45) is 3.69. The monoisotopic (exact) mass is 345 g/mol. The normalized spacial score (nSPS) is 13.6. The number of nitrogens with one attached hydrogen (secondary N) is 1. The maximum absolute atomic E-state index is 12.8. The van der Waals surface area contributed by atoms with E-state index in [4.69, 9.17) is 9.26 Å². The van der Waals surface area contributed by atoms with Crippen LogP contribution in [-0.2, 0) is 13.2 Å². The molecule has 0 aliphatic heterocycles. The summed E-state index contributed by atoms with van der Waals surface area (Å²) in [5.74, 6) is 1.16. The summed E-state index contributed by atoms with van der Waals surface area (Å²) < 4.78 is 25.4. The van der Waals surface area contributed by atoms with Gasteiger partial charge in [0.1, 0.15) is 11.6 Å². The minimum atomic E-state index is -0.307. The second-order valence-corrected chi connectivity index (χ2v) is 5.74. The number of halogens is 1. The maximum atomic E-state index is 12.8. The smallest absolute Gasteiger partial charge is 0.240 e. The van der Waals surface area contributed by atoms with Gasteiger partial charge in [0.15, 0.2) is 6.61 Å². The lowest BCUT2D eigenvalue weighted by atomic mass is 10.2. The first kappa shape index (κ1) is 17.1. The number of hydrogen-bond acceptors (Lipinski definition) is 6. The lowest BCUT2D eigenvalue weighted by molar-refractivity contribution is 0.283. The Labute approximate surface area is 144 Å². The van der Waals surface area contributed by atoms with E-state index in [0.717, 1.165) is 0 Å². The molecule has 0 aliphatic carbocycles. The number of hydrogen-bond donors (Lipinski definition) is 1. The number of rotatable bonds is 8. The first-order valence-corrected chi connectivity index (χ1v) is 8.04. The third kappa shape index (κ3) is 4.63. The van der Waals surface area contributed by atoms with Crippen molar-refractivity contribution in [2.75, 3.05) is 0 Å². The highest BCUT2D eigenvalue weighted by Gasteiger charge is 2.15. The van der Waals surface area contributed by atoms with Crippen molar-refractivity contribution in [1.82, 2.24) is 25.2 Å². The molecule has 3 rings (SSSR count). The van der Waals surface area contributed by atoms with Crippen LogP contribution in [0.2, 0.25) is 0 Å². The van der Waals surface area contributed by atoms with E-state index in [1.807, 2.05) is 16.9 Å². The number of benzene rings is 1. The Morgan fingerprint density at radius 3 is 2.80 bits per heavy atom. The molecule has 0 radical (unpaired) electrons. The Morgan fingerprint density at radius 2 is 2.08 bits per heavy atom. The van der Waals surface area contributed by atoms with E-state index >= 15 is 0 Å². The summed E-state index contributed by atoms with van der Waals surface area (Å²) in [4.78, 5) is 4.28. The zero-order chi connectivity index (χ0) is 17.6. The largest absolute Gasteiger partial charge is 0.485 e. The van der Waals surface area contributed by atoms with E-state index < -0.39 is 0 Å². The highest BCUT2D eigenvalue weighted by atomic mass is 19.1. The van der Waals surface area contributed by atoms with Gasteiger partial charge in [-0.25, -0.2) is 4.39 Å². The molecule has 0 saturated carbocycles. The molecule has 1 N–H and O–H groups in total. The Kier molecular flexibility index (Phi) is 5.39. The molecule has 8 heteroatoms. The molecule has 0 bridgehead atoms. The lowest BCUT2D eigenvalue weighted by Gasteiger charge is -2.20. The summed E-state index contributed by atoms with van der Waals surface area (Å²) in [6.45, 7) is 4.77. The second kappa shape index (κ2) is 7.89. The van der Waals surface area contributed by atoms with Crippen LogP contribution in [0.3, 0.4) is 0 Å². The van der Waals surface area contributed by atoms with E-state index in [2.05, 4.69) is 34.4 Å². The fraction of sp³-hybridized carbons (Fsp3) is 0.353. The van der Waals surface area contributed by atoms with Crippen molar-refractivity contribution >= 4 is 0 Å². The van der Waals surface area contributed by atoms with Crippen LogP contribution in [0.25, 0.3) is 0 Å². The third-order valence-corrected chi connectivity index (χ3v) is 3.93. The van der Waals surface area contributed by atoms with Gasteiger partial charge >= 0.3 is 0 Å². The van der Waals surface area contributed by atoms with Crippen LogP contribution in [0, 0.1) is 5.82 Å². The molecule has 0 amide bonds. The van der Waals surface area contributed by atoms with Gasteiger partial charge in [-0.1, -0.05) is 5.16 Å². The van der Waals surface area contributed by atoms with Gasteiger partial charge in [-0.2, -0.15) is 10.1 Å². The lowest BCUT2D eigenvalue weighted by Crippen LogP contribution is -2.33. The van der Waals surface area contributed by atoms with E-state index in [1.165, 1.54) is 12.1 Å². The van der Waals surface area contributed by atoms with E-state index in [1.54, 1.807) is 18.3 Å². The van der Waals surface area contributed by atoms with Gasteiger partial charge in [0.05, 0.1) is 12.6 Å². The molecule has 1 aromatic carbocycles. The van der Waals surface area contributed by atoms with Crippen LogP contribution in [0.15, 0.2) is 47.2 Å².